The van der Waals surface area contributed by atoms with Crippen LogP contribution in [0.3, 0.4) is 0 Å². The summed E-state index contributed by atoms with van der Waals surface area (Å²) < 4.78 is 0. The van der Waals surface area contributed by atoms with Gasteiger partial charge in [0.15, 0.2) is 0 Å². The molecule has 142 valence electrons. The van der Waals surface area contributed by atoms with E-state index in [-0.39, 0.29) is 0 Å². The molecule has 0 spiro atoms. The van der Waals surface area contributed by atoms with Crippen LogP contribution in [-0.4, -0.2) is 11.1 Å². The molecule has 0 saturated carbocycles. The molecule has 0 unspecified atom stereocenters. The van der Waals surface area contributed by atoms with Gasteiger partial charge in [0.2, 0.25) is 0 Å². The van der Waals surface area contributed by atoms with Gasteiger partial charge in [-0.2, -0.15) is 0 Å². The fourth-order valence-electron chi connectivity index (χ4n) is 3.24. The second-order valence-corrected chi connectivity index (χ2v) is 7.17. The molecule has 0 heterocycles. The summed E-state index contributed by atoms with van der Waals surface area (Å²) in [5, 5.41) is 8.93. The van der Waals surface area contributed by atoms with Crippen LogP contribution >= 0.6 is 0 Å². The van der Waals surface area contributed by atoms with Crippen LogP contribution < -0.4 is 0 Å². The smallest absolute Gasteiger partial charge is 0.331 e. The van der Waals surface area contributed by atoms with Gasteiger partial charge in [0.25, 0.3) is 0 Å². The van der Waals surface area contributed by atoms with Crippen molar-refractivity contribution >= 4 is 5.97 Å². The van der Waals surface area contributed by atoms with Gasteiger partial charge in [-0.3, -0.25) is 0 Å². The maximum atomic E-state index is 10.9. The van der Waals surface area contributed by atoms with Crippen molar-refractivity contribution in [1.82, 2.24) is 0 Å². The number of hydrogen-bond acceptors (Lipinski definition) is 1. The first-order valence-electron chi connectivity index (χ1n) is 10.6. The number of carbonyl (C=O) groups is 1. The number of carboxylic acid groups (broad SMARTS) is 1. The summed E-state index contributed by atoms with van der Waals surface area (Å²) in [5.74, 6) is -0.751. The Hall–Kier alpha value is -0.790. The zero-order valence-electron chi connectivity index (χ0n) is 16.5. The molecule has 0 saturated heterocycles. The van der Waals surface area contributed by atoms with Gasteiger partial charge in [-0.25, -0.2) is 4.79 Å². The molecule has 0 rings (SSSR count). The van der Waals surface area contributed by atoms with Crippen molar-refractivity contribution in [2.75, 3.05) is 0 Å². The van der Waals surface area contributed by atoms with E-state index in [1.165, 1.54) is 96.3 Å². The Bertz CT molecular complexity index is 307. The Morgan fingerprint density at radius 1 is 0.667 bits per heavy atom. The molecule has 0 aromatic carbocycles. The highest BCUT2D eigenvalue weighted by Crippen LogP contribution is 2.15. The minimum Gasteiger partial charge on any atom is -0.478 e. The van der Waals surface area contributed by atoms with Crippen molar-refractivity contribution in [2.45, 2.75) is 123 Å². The molecule has 0 aliphatic carbocycles. The van der Waals surface area contributed by atoms with Gasteiger partial charge < -0.3 is 5.11 Å². The van der Waals surface area contributed by atoms with Crippen LogP contribution in [0.4, 0.5) is 0 Å². The number of aliphatic carboxylic acids is 1. The number of unbranched alkanes of at least 4 members (excludes halogenated alkanes) is 15. The first-order valence-corrected chi connectivity index (χ1v) is 10.6. The van der Waals surface area contributed by atoms with Crippen LogP contribution in [-0.2, 0) is 4.79 Å². The third-order valence-corrected chi connectivity index (χ3v) is 4.92. The lowest BCUT2D eigenvalue weighted by atomic mass is 10.0. The van der Waals surface area contributed by atoms with Crippen LogP contribution in [0.5, 0.6) is 0 Å². The normalized spacial score (nSPS) is 11.8. The van der Waals surface area contributed by atoms with Crippen molar-refractivity contribution in [3.63, 3.8) is 0 Å². The van der Waals surface area contributed by atoms with E-state index in [2.05, 4.69) is 6.92 Å². The molecule has 2 heteroatoms. The summed E-state index contributed by atoms with van der Waals surface area (Å²) in [6.07, 6.45) is 24.1. The van der Waals surface area contributed by atoms with E-state index in [0.717, 1.165) is 12.8 Å². The lowest BCUT2D eigenvalue weighted by Gasteiger charge is -2.04. The number of carboxylic acids is 1. The summed E-state index contributed by atoms with van der Waals surface area (Å²) in [6, 6.07) is 0. The monoisotopic (exact) mass is 338 g/mol. The van der Waals surface area contributed by atoms with E-state index in [0.29, 0.717) is 5.57 Å². The number of allylic oxidation sites excluding steroid dienone is 1. The highest BCUT2D eigenvalue weighted by Gasteiger charge is 2.04. The van der Waals surface area contributed by atoms with Gasteiger partial charge in [-0.15, -0.1) is 0 Å². The minimum atomic E-state index is -0.751. The maximum Gasteiger partial charge on any atom is 0.331 e. The van der Waals surface area contributed by atoms with Crippen LogP contribution in [0.15, 0.2) is 11.6 Å². The molecule has 0 amide bonds. The van der Waals surface area contributed by atoms with Crippen molar-refractivity contribution < 1.29 is 9.90 Å². The van der Waals surface area contributed by atoms with E-state index < -0.39 is 5.97 Å². The largest absolute Gasteiger partial charge is 0.478 e. The first-order chi connectivity index (χ1) is 11.7. The molecule has 0 bridgehead atoms. The lowest BCUT2D eigenvalue weighted by molar-refractivity contribution is -0.132. The average Bonchev–Trinajstić information content (AvgIpc) is 2.57. The van der Waals surface area contributed by atoms with Gasteiger partial charge in [-0.1, -0.05) is 109 Å². The summed E-state index contributed by atoms with van der Waals surface area (Å²) >= 11 is 0. The molecule has 0 aliphatic heterocycles. The summed E-state index contributed by atoms with van der Waals surface area (Å²) in [4.78, 5) is 10.9. The Labute approximate surface area is 151 Å². The zero-order chi connectivity index (χ0) is 17.9. The van der Waals surface area contributed by atoms with Crippen LogP contribution in [0.1, 0.15) is 123 Å². The summed E-state index contributed by atoms with van der Waals surface area (Å²) in [6.45, 7) is 4.09. The van der Waals surface area contributed by atoms with E-state index >= 15 is 0 Å². The van der Waals surface area contributed by atoms with Gasteiger partial charge in [0, 0.05) is 5.57 Å². The molecule has 0 atom stereocenters. The maximum absolute atomic E-state index is 10.9. The fourth-order valence-corrected chi connectivity index (χ4v) is 3.24. The van der Waals surface area contributed by atoms with Crippen molar-refractivity contribution in [1.29, 1.82) is 0 Å². The third-order valence-electron chi connectivity index (χ3n) is 4.92. The number of hydrogen-bond donors (Lipinski definition) is 1. The predicted molar refractivity (Wildman–Crippen MR) is 106 cm³/mol. The molecule has 0 aromatic rings. The van der Waals surface area contributed by atoms with Crippen molar-refractivity contribution in [2.24, 2.45) is 0 Å². The molecule has 0 aliphatic rings. The SMILES string of the molecule is CC=C(CCCCCCCCCCCCCCCCCC)C(=O)O. The molecular weight excluding hydrogens is 296 g/mol. The zero-order valence-corrected chi connectivity index (χ0v) is 16.5. The first kappa shape index (κ1) is 23.2. The fraction of sp³-hybridized carbons (Fsp3) is 0.864. The summed E-state index contributed by atoms with van der Waals surface area (Å²) in [5.41, 5.74) is 0.570. The van der Waals surface area contributed by atoms with E-state index in [9.17, 15) is 4.79 Å². The number of rotatable bonds is 18. The second-order valence-electron chi connectivity index (χ2n) is 7.17. The molecule has 0 aromatic heterocycles. The standard InChI is InChI=1S/C22H42O2/c1-3-5-6-7-8-9-10-11-12-13-14-15-16-17-18-19-20-21(4-2)22(23)24/h4H,3,5-20H2,1-2H3,(H,23,24). The van der Waals surface area contributed by atoms with Gasteiger partial charge in [0.05, 0.1) is 0 Å². The third kappa shape index (κ3) is 16.1. The Morgan fingerprint density at radius 2 is 1.00 bits per heavy atom. The Kier molecular flexibility index (Phi) is 17.9. The van der Waals surface area contributed by atoms with Crippen molar-refractivity contribution in [3.05, 3.63) is 11.6 Å². The molecule has 24 heavy (non-hydrogen) atoms. The second kappa shape index (κ2) is 18.5. The van der Waals surface area contributed by atoms with Gasteiger partial charge in [-0.05, 0) is 19.8 Å². The molecule has 0 radical (unpaired) electrons. The van der Waals surface area contributed by atoms with E-state index in [1.807, 2.05) is 6.92 Å². The van der Waals surface area contributed by atoms with Gasteiger partial charge in [0.1, 0.15) is 0 Å². The molecule has 1 N–H and O–H groups in total. The topological polar surface area (TPSA) is 37.3 Å². The van der Waals surface area contributed by atoms with Crippen LogP contribution in [0.2, 0.25) is 0 Å². The Balaban J connectivity index is 3.14. The van der Waals surface area contributed by atoms with Crippen LogP contribution in [0, 0.1) is 0 Å². The molecule has 0 fully saturated rings. The Morgan fingerprint density at radius 3 is 1.29 bits per heavy atom. The summed E-state index contributed by atoms with van der Waals surface area (Å²) in [7, 11) is 0. The van der Waals surface area contributed by atoms with E-state index in [4.69, 9.17) is 5.11 Å². The van der Waals surface area contributed by atoms with E-state index in [1.54, 1.807) is 6.08 Å². The molecular formula is C22H42O2. The van der Waals surface area contributed by atoms with Crippen LogP contribution in [0.25, 0.3) is 0 Å². The highest BCUT2D eigenvalue weighted by molar-refractivity contribution is 5.86. The highest BCUT2D eigenvalue weighted by atomic mass is 16.4. The average molecular weight is 339 g/mol. The minimum absolute atomic E-state index is 0.570. The van der Waals surface area contributed by atoms with Gasteiger partial charge >= 0.3 is 5.97 Å². The molecule has 2 nitrogen and oxygen atoms in total. The predicted octanol–water partition coefficient (Wildman–Crippen LogP) is 7.67. The quantitative estimate of drug-likeness (QED) is 0.206. The van der Waals surface area contributed by atoms with Crippen molar-refractivity contribution in [3.8, 4) is 0 Å². The lowest BCUT2D eigenvalue weighted by Crippen LogP contribution is -1.99.